The summed E-state index contributed by atoms with van der Waals surface area (Å²) in [5, 5.41) is 3.32. The van der Waals surface area contributed by atoms with Crippen molar-refractivity contribution in [2.45, 2.75) is 20.8 Å². The van der Waals surface area contributed by atoms with Gasteiger partial charge in [-0.2, -0.15) is 0 Å². The second-order valence-electron chi connectivity index (χ2n) is 5.94. The number of rotatable bonds is 4. The van der Waals surface area contributed by atoms with Gasteiger partial charge in [-0.1, -0.05) is 20.8 Å². The van der Waals surface area contributed by atoms with Crippen LogP contribution in [0.15, 0.2) is 18.6 Å². The van der Waals surface area contributed by atoms with Crippen LogP contribution >= 0.6 is 0 Å². The molecular weight excluding hydrogens is 268 g/mol. The van der Waals surface area contributed by atoms with Gasteiger partial charge in [0.05, 0.1) is 12.0 Å². The molecule has 0 atom stereocenters. The van der Waals surface area contributed by atoms with E-state index in [1.165, 1.54) is 12.4 Å². The summed E-state index contributed by atoms with van der Waals surface area (Å²) < 4.78 is 5.81. The zero-order chi connectivity index (χ0) is 15.5. The van der Waals surface area contributed by atoms with Crippen molar-refractivity contribution < 1.29 is 9.53 Å². The third kappa shape index (κ3) is 3.81. The number of ether oxygens (including phenoxy) is 1. The van der Waals surface area contributed by atoms with Gasteiger partial charge in [0.2, 0.25) is 11.8 Å². The lowest BCUT2D eigenvalue weighted by Crippen LogP contribution is -2.17. The molecule has 2 rings (SSSR count). The summed E-state index contributed by atoms with van der Waals surface area (Å²) >= 11 is 0. The Labute approximate surface area is 123 Å². The zero-order valence-electron chi connectivity index (χ0n) is 12.7. The van der Waals surface area contributed by atoms with E-state index in [4.69, 9.17) is 4.74 Å². The maximum atomic E-state index is 11.3. The van der Waals surface area contributed by atoms with E-state index < -0.39 is 0 Å². The Morgan fingerprint density at radius 2 is 2.19 bits per heavy atom. The molecule has 1 amide bonds. The van der Waals surface area contributed by atoms with E-state index in [9.17, 15) is 4.79 Å². The number of likely N-dealkylation sites (N-methyl/N-ethyl adjacent to an activating group) is 1. The van der Waals surface area contributed by atoms with E-state index in [1.807, 2.05) is 0 Å². The molecule has 0 unspecified atom stereocenters. The lowest BCUT2D eigenvalue weighted by atomic mass is 9.99. The Morgan fingerprint density at radius 1 is 1.43 bits per heavy atom. The van der Waals surface area contributed by atoms with Gasteiger partial charge in [-0.15, -0.1) is 0 Å². The number of amides is 1. The Kier molecular flexibility index (Phi) is 4.26. The quantitative estimate of drug-likeness (QED) is 0.845. The summed E-state index contributed by atoms with van der Waals surface area (Å²) in [5.74, 6) is 0.353. The minimum atomic E-state index is -0.168. The van der Waals surface area contributed by atoms with Crippen molar-refractivity contribution in [3.63, 3.8) is 0 Å². The van der Waals surface area contributed by atoms with Crippen molar-refractivity contribution in [1.29, 1.82) is 0 Å². The molecule has 0 bridgehead atoms. The molecule has 6 heteroatoms. The highest BCUT2D eigenvalue weighted by Crippen LogP contribution is 2.27. The SMILES string of the molecule is CNC(=O)/C=C/c1c[nH]c2ncnc(OCC(C)(C)C)c12. The van der Waals surface area contributed by atoms with Gasteiger partial charge in [0.15, 0.2) is 0 Å². The van der Waals surface area contributed by atoms with Crippen molar-refractivity contribution in [3.05, 3.63) is 24.2 Å². The largest absolute Gasteiger partial charge is 0.477 e. The summed E-state index contributed by atoms with van der Waals surface area (Å²) in [7, 11) is 1.59. The first-order valence-electron chi connectivity index (χ1n) is 6.75. The van der Waals surface area contributed by atoms with Gasteiger partial charge >= 0.3 is 0 Å². The molecule has 2 heterocycles. The Balaban J connectivity index is 2.35. The van der Waals surface area contributed by atoms with Crippen LogP contribution in [0.4, 0.5) is 0 Å². The summed E-state index contributed by atoms with van der Waals surface area (Å²) in [5.41, 5.74) is 1.54. The molecular formula is C15H20N4O2. The number of nitrogens with one attached hydrogen (secondary N) is 2. The van der Waals surface area contributed by atoms with E-state index in [0.717, 1.165) is 10.9 Å². The first-order chi connectivity index (χ1) is 9.90. The van der Waals surface area contributed by atoms with Crippen LogP contribution in [0.25, 0.3) is 17.1 Å². The molecule has 0 saturated heterocycles. The Morgan fingerprint density at radius 3 is 2.86 bits per heavy atom. The molecule has 0 spiro atoms. The van der Waals surface area contributed by atoms with Crippen LogP contribution in [0.5, 0.6) is 5.88 Å². The number of carbonyl (C=O) groups is 1. The predicted octanol–water partition coefficient (Wildman–Crippen LogP) is 2.14. The average Bonchev–Trinajstić information content (AvgIpc) is 2.85. The maximum Gasteiger partial charge on any atom is 0.243 e. The Hall–Kier alpha value is -2.37. The van der Waals surface area contributed by atoms with Gasteiger partial charge in [-0.25, -0.2) is 9.97 Å². The molecule has 2 aromatic heterocycles. The summed E-state index contributed by atoms with van der Waals surface area (Å²) in [4.78, 5) is 22.7. The van der Waals surface area contributed by atoms with Crippen molar-refractivity contribution in [1.82, 2.24) is 20.3 Å². The molecule has 0 saturated carbocycles. The predicted molar refractivity (Wildman–Crippen MR) is 81.9 cm³/mol. The molecule has 112 valence electrons. The normalized spacial score (nSPS) is 12.0. The monoisotopic (exact) mass is 288 g/mol. The molecule has 2 N–H and O–H groups in total. The van der Waals surface area contributed by atoms with E-state index in [2.05, 4.69) is 41.0 Å². The highest BCUT2D eigenvalue weighted by molar-refractivity contribution is 5.96. The fourth-order valence-corrected chi connectivity index (χ4v) is 1.73. The standard InChI is InChI=1S/C15H20N4O2/c1-15(2,3)8-21-14-12-10(5-6-11(20)16-4)7-17-13(12)18-9-19-14/h5-7,9H,8H2,1-4H3,(H,16,20)(H,17,18,19)/b6-5+. The van der Waals surface area contributed by atoms with E-state index in [1.54, 1.807) is 19.3 Å². The lowest BCUT2D eigenvalue weighted by Gasteiger charge is -2.18. The smallest absolute Gasteiger partial charge is 0.243 e. The number of nitrogens with zero attached hydrogens (tertiary/aromatic N) is 2. The average molecular weight is 288 g/mol. The Bertz CT molecular complexity index is 668. The molecule has 0 aliphatic heterocycles. The number of aromatic amines is 1. The number of aromatic nitrogens is 3. The van der Waals surface area contributed by atoms with Gasteiger partial charge in [0.1, 0.15) is 12.0 Å². The van der Waals surface area contributed by atoms with Crippen LogP contribution in [0.2, 0.25) is 0 Å². The zero-order valence-corrected chi connectivity index (χ0v) is 12.7. The van der Waals surface area contributed by atoms with Crippen molar-refractivity contribution in [3.8, 4) is 5.88 Å². The van der Waals surface area contributed by atoms with E-state index >= 15 is 0 Å². The van der Waals surface area contributed by atoms with Crippen molar-refractivity contribution in [2.24, 2.45) is 5.41 Å². The molecule has 6 nitrogen and oxygen atoms in total. The van der Waals surface area contributed by atoms with Crippen LogP contribution < -0.4 is 10.1 Å². The minimum absolute atomic E-state index is 0.0334. The number of carbonyl (C=O) groups excluding carboxylic acids is 1. The molecule has 0 fully saturated rings. The topological polar surface area (TPSA) is 79.9 Å². The molecule has 0 radical (unpaired) electrons. The molecule has 0 aliphatic rings. The third-order valence-electron chi connectivity index (χ3n) is 2.77. The van der Waals surface area contributed by atoms with Gasteiger partial charge in [0, 0.05) is 24.9 Å². The second-order valence-corrected chi connectivity index (χ2v) is 5.94. The maximum absolute atomic E-state index is 11.3. The summed E-state index contributed by atoms with van der Waals surface area (Å²) in [6, 6.07) is 0. The first-order valence-corrected chi connectivity index (χ1v) is 6.75. The number of hydrogen-bond acceptors (Lipinski definition) is 4. The summed E-state index contributed by atoms with van der Waals surface area (Å²) in [6.07, 6.45) is 6.42. The highest BCUT2D eigenvalue weighted by atomic mass is 16.5. The molecule has 21 heavy (non-hydrogen) atoms. The van der Waals surface area contributed by atoms with Gasteiger partial charge in [-0.05, 0) is 11.5 Å². The van der Waals surface area contributed by atoms with Crippen molar-refractivity contribution >= 4 is 23.0 Å². The van der Waals surface area contributed by atoms with Crippen LogP contribution in [0, 0.1) is 5.41 Å². The number of H-pyrrole nitrogens is 1. The van der Waals surface area contributed by atoms with Crippen molar-refractivity contribution in [2.75, 3.05) is 13.7 Å². The fourth-order valence-electron chi connectivity index (χ4n) is 1.73. The first kappa shape index (κ1) is 15.0. The van der Waals surface area contributed by atoms with Gasteiger partial charge in [0.25, 0.3) is 0 Å². The third-order valence-corrected chi connectivity index (χ3v) is 2.77. The second kappa shape index (κ2) is 5.95. The number of hydrogen-bond donors (Lipinski definition) is 2. The van der Waals surface area contributed by atoms with E-state index in [-0.39, 0.29) is 11.3 Å². The number of fused-ring (bicyclic) bond motifs is 1. The highest BCUT2D eigenvalue weighted by Gasteiger charge is 2.15. The van der Waals surface area contributed by atoms with Crippen LogP contribution in [0.1, 0.15) is 26.3 Å². The van der Waals surface area contributed by atoms with E-state index in [0.29, 0.717) is 18.1 Å². The van der Waals surface area contributed by atoms with Gasteiger partial charge < -0.3 is 15.0 Å². The van der Waals surface area contributed by atoms with Crippen LogP contribution in [-0.2, 0) is 4.79 Å². The summed E-state index contributed by atoms with van der Waals surface area (Å²) in [6.45, 7) is 6.82. The molecule has 0 aliphatic carbocycles. The van der Waals surface area contributed by atoms with Crippen LogP contribution in [0.3, 0.4) is 0 Å². The molecule has 0 aromatic carbocycles. The van der Waals surface area contributed by atoms with Crippen LogP contribution in [-0.4, -0.2) is 34.5 Å². The lowest BCUT2D eigenvalue weighted by molar-refractivity contribution is -0.115. The minimum Gasteiger partial charge on any atom is -0.477 e. The molecule has 2 aromatic rings. The fraction of sp³-hybridized carbons (Fsp3) is 0.400. The van der Waals surface area contributed by atoms with Gasteiger partial charge in [-0.3, -0.25) is 4.79 Å².